The second kappa shape index (κ2) is 5.15. The predicted molar refractivity (Wildman–Crippen MR) is 65.3 cm³/mol. The standard InChI is InChI=1S/C14H20O2/c1-11(16-12(2)15)10-14(3,4)13-8-6-5-7-9-13/h5-9,11H,10H2,1-4H3. The van der Waals surface area contributed by atoms with Crippen LogP contribution in [0.4, 0.5) is 0 Å². The molecule has 16 heavy (non-hydrogen) atoms. The maximum atomic E-state index is 10.9. The van der Waals surface area contributed by atoms with Gasteiger partial charge in [0.2, 0.25) is 0 Å². The molecule has 88 valence electrons. The molecule has 0 saturated heterocycles. The van der Waals surface area contributed by atoms with Crippen LogP contribution < -0.4 is 0 Å². The molecule has 0 aliphatic heterocycles. The Balaban J connectivity index is 2.68. The van der Waals surface area contributed by atoms with Crippen LogP contribution in [-0.2, 0) is 14.9 Å². The van der Waals surface area contributed by atoms with Crippen LogP contribution in [0, 0.1) is 0 Å². The molecule has 2 heteroatoms. The van der Waals surface area contributed by atoms with Crippen molar-refractivity contribution in [3.8, 4) is 0 Å². The highest BCUT2D eigenvalue weighted by Gasteiger charge is 2.24. The van der Waals surface area contributed by atoms with Gasteiger partial charge in [0, 0.05) is 6.92 Å². The SMILES string of the molecule is CC(=O)OC(C)CC(C)(C)c1ccccc1. The van der Waals surface area contributed by atoms with E-state index in [1.807, 2.05) is 25.1 Å². The Labute approximate surface area is 97.6 Å². The van der Waals surface area contributed by atoms with Gasteiger partial charge in [-0.1, -0.05) is 44.2 Å². The molecule has 0 heterocycles. The average Bonchev–Trinajstić information content (AvgIpc) is 2.16. The Hall–Kier alpha value is -1.31. The highest BCUT2D eigenvalue weighted by atomic mass is 16.5. The molecule has 1 atom stereocenters. The van der Waals surface area contributed by atoms with Gasteiger partial charge in [0.1, 0.15) is 0 Å². The van der Waals surface area contributed by atoms with E-state index < -0.39 is 0 Å². The number of hydrogen-bond donors (Lipinski definition) is 0. The fourth-order valence-electron chi connectivity index (χ4n) is 2.05. The maximum absolute atomic E-state index is 10.9. The van der Waals surface area contributed by atoms with Gasteiger partial charge in [-0.2, -0.15) is 0 Å². The third-order valence-electron chi connectivity index (χ3n) is 2.72. The minimum absolute atomic E-state index is 0.0239. The molecule has 1 aromatic carbocycles. The molecule has 0 aliphatic rings. The smallest absolute Gasteiger partial charge is 0.302 e. The molecule has 0 amide bonds. The lowest BCUT2D eigenvalue weighted by atomic mass is 9.80. The predicted octanol–water partition coefficient (Wildman–Crippen LogP) is 3.31. The van der Waals surface area contributed by atoms with Crippen LogP contribution in [0.1, 0.15) is 39.7 Å². The fourth-order valence-corrected chi connectivity index (χ4v) is 2.05. The van der Waals surface area contributed by atoms with Crippen molar-refractivity contribution < 1.29 is 9.53 Å². The molecule has 0 aromatic heterocycles. The lowest BCUT2D eigenvalue weighted by molar-refractivity contribution is -0.146. The zero-order chi connectivity index (χ0) is 12.2. The molecule has 2 nitrogen and oxygen atoms in total. The lowest BCUT2D eigenvalue weighted by Crippen LogP contribution is -2.25. The van der Waals surface area contributed by atoms with Crippen LogP contribution in [0.25, 0.3) is 0 Å². The second-order valence-electron chi connectivity index (χ2n) is 4.87. The van der Waals surface area contributed by atoms with Crippen molar-refractivity contribution in [1.29, 1.82) is 0 Å². The molecule has 0 N–H and O–H groups in total. The number of benzene rings is 1. The summed E-state index contributed by atoms with van der Waals surface area (Å²) in [5.41, 5.74) is 1.30. The molecule has 1 aromatic rings. The number of esters is 1. The summed E-state index contributed by atoms with van der Waals surface area (Å²) in [6, 6.07) is 10.3. The maximum Gasteiger partial charge on any atom is 0.302 e. The van der Waals surface area contributed by atoms with Crippen molar-refractivity contribution in [2.24, 2.45) is 0 Å². The van der Waals surface area contributed by atoms with E-state index in [0.717, 1.165) is 6.42 Å². The quantitative estimate of drug-likeness (QED) is 0.728. The van der Waals surface area contributed by atoms with Gasteiger partial charge >= 0.3 is 5.97 Å². The Bertz CT molecular complexity index is 341. The fraction of sp³-hybridized carbons (Fsp3) is 0.500. The third kappa shape index (κ3) is 3.69. The number of carbonyl (C=O) groups excluding carboxylic acids is 1. The van der Waals surface area contributed by atoms with Crippen molar-refractivity contribution in [3.63, 3.8) is 0 Å². The van der Waals surface area contributed by atoms with E-state index in [1.165, 1.54) is 12.5 Å². The van der Waals surface area contributed by atoms with Gasteiger partial charge in [-0.25, -0.2) is 0 Å². The average molecular weight is 220 g/mol. The summed E-state index contributed by atoms with van der Waals surface area (Å²) in [4.78, 5) is 10.9. The van der Waals surface area contributed by atoms with Gasteiger partial charge in [0.25, 0.3) is 0 Å². The van der Waals surface area contributed by atoms with E-state index in [0.29, 0.717) is 0 Å². The normalized spacial score (nSPS) is 13.2. The van der Waals surface area contributed by atoms with Crippen molar-refractivity contribution in [1.82, 2.24) is 0 Å². The van der Waals surface area contributed by atoms with Gasteiger partial charge in [0.15, 0.2) is 0 Å². The van der Waals surface area contributed by atoms with Gasteiger partial charge in [-0.3, -0.25) is 4.79 Å². The summed E-state index contributed by atoms with van der Waals surface area (Å²) in [5.74, 6) is -0.212. The molecular formula is C14H20O2. The van der Waals surface area contributed by atoms with Crippen LogP contribution in [0.3, 0.4) is 0 Å². The minimum atomic E-state index is -0.212. The Kier molecular flexibility index (Phi) is 4.11. The minimum Gasteiger partial charge on any atom is -0.463 e. The van der Waals surface area contributed by atoms with Crippen molar-refractivity contribution in [2.75, 3.05) is 0 Å². The highest BCUT2D eigenvalue weighted by molar-refractivity contribution is 5.66. The Morgan fingerprint density at radius 1 is 1.31 bits per heavy atom. The number of carbonyl (C=O) groups is 1. The molecule has 0 bridgehead atoms. The summed E-state index contributed by atoms with van der Waals surface area (Å²) in [5, 5.41) is 0. The summed E-state index contributed by atoms with van der Waals surface area (Å²) < 4.78 is 5.17. The molecule has 0 radical (unpaired) electrons. The van der Waals surface area contributed by atoms with Crippen LogP contribution >= 0.6 is 0 Å². The van der Waals surface area contributed by atoms with E-state index >= 15 is 0 Å². The summed E-state index contributed by atoms with van der Waals surface area (Å²) in [6.07, 6.45) is 0.782. The first-order valence-corrected chi connectivity index (χ1v) is 5.64. The van der Waals surface area contributed by atoms with Crippen molar-refractivity contribution in [2.45, 2.75) is 45.6 Å². The Morgan fingerprint density at radius 2 is 1.88 bits per heavy atom. The van der Waals surface area contributed by atoms with Crippen molar-refractivity contribution >= 4 is 5.97 Å². The van der Waals surface area contributed by atoms with Crippen LogP contribution in [0.5, 0.6) is 0 Å². The largest absolute Gasteiger partial charge is 0.463 e. The summed E-state index contributed by atoms with van der Waals surface area (Å²) in [7, 11) is 0. The van der Waals surface area contributed by atoms with Gasteiger partial charge in [0.05, 0.1) is 6.10 Å². The van der Waals surface area contributed by atoms with Crippen LogP contribution in [0.2, 0.25) is 0 Å². The first-order chi connectivity index (χ1) is 7.42. The van der Waals surface area contributed by atoms with Gasteiger partial charge in [-0.05, 0) is 24.3 Å². The third-order valence-corrected chi connectivity index (χ3v) is 2.72. The first-order valence-electron chi connectivity index (χ1n) is 5.64. The van der Waals surface area contributed by atoms with Gasteiger partial charge in [-0.15, -0.1) is 0 Å². The molecule has 0 fully saturated rings. The molecule has 0 aliphatic carbocycles. The summed E-state index contributed by atoms with van der Waals surface area (Å²) >= 11 is 0. The zero-order valence-corrected chi connectivity index (χ0v) is 10.5. The van der Waals surface area contributed by atoms with Gasteiger partial charge < -0.3 is 4.74 Å². The Morgan fingerprint density at radius 3 is 2.38 bits per heavy atom. The molecule has 0 saturated carbocycles. The second-order valence-corrected chi connectivity index (χ2v) is 4.87. The first kappa shape index (κ1) is 12.8. The van der Waals surface area contributed by atoms with Crippen LogP contribution in [0.15, 0.2) is 30.3 Å². The molecule has 0 spiro atoms. The van der Waals surface area contributed by atoms with E-state index in [9.17, 15) is 4.79 Å². The van der Waals surface area contributed by atoms with Crippen LogP contribution in [-0.4, -0.2) is 12.1 Å². The topological polar surface area (TPSA) is 26.3 Å². The number of hydrogen-bond acceptors (Lipinski definition) is 2. The molecular weight excluding hydrogens is 200 g/mol. The van der Waals surface area contributed by atoms with E-state index in [4.69, 9.17) is 4.74 Å². The van der Waals surface area contributed by atoms with E-state index in [2.05, 4.69) is 26.0 Å². The monoisotopic (exact) mass is 220 g/mol. The highest BCUT2D eigenvalue weighted by Crippen LogP contribution is 2.28. The van der Waals surface area contributed by atoms with E-state index in [-0.39, 0.29) is 17.5 Å². The molecule has 1 rings (SSSR count). The molecule has 1 unspecified atom stereocenters. The number of rotatable bonds is 4. The summed E-state index contributed by atoms with van der Waals surface area (Å²) in [6.45, 7) is 7.72. The number of ether oxygens (including phenoxy) is 1. The lowest BCUT2D eigenvalue weighted by Gasteiger charge is -2.28. The zero-order valence-electron chi connectivity index (χ0n) is 10.5. The van der Waals surface area contributed by atoms with Crippen molar-refractivity contribution in [3.05, 3.63) is 35.9 Å². The van der Waals surface area contributed by atoms with E-state index in [1.54, 1.807) is 0 Å².